The first kappa shape index (κ1) is 12.1. The Morgan fingerprint density at radius 1 is 1.39 bits per heavy atom. The van der Waals surface area contributed by atoms with Crippen LogP contribution < -0.4 is 5.32 Å². The minimum Gasteiger partial charge on any atom is -0.306 e. The van der Waals surface area contributed by atoms with Crippen LogP contribution >= 0.6 is 0 Å². The van der Waals surface area contributed by atoms with E-state index in [1.165, 1.54) is 32.0 Å². The van der Waals surface area contributed by atoms with E-state index in [1.54, 1.807) is 12.3 Å². The standard InChI is InChI=1S/C14H20FN3/c1-10(11-6-12(15)8-16-7-11)17-13-4-5-18(9-13)14-2-3-14/h6-8,10,13-14,17H,2-5,9H2,1H3. The van der Waals surface area contributed by atoms with Crippen molar-refractivity contribution in [2.24, 2.45) is 0 Å². The van der Waals surface area contributed by atoms with Crippen LogP contribution in [0.3, 0.4) is 0 Å². The van der Waals surface area contributed by atoms with Crippen molar-refractivity contribution in [1.29, 1.82) is 0 Å². The van der Waals surface area contributed by atoms with Gasteiger partial charge in [-0.2, -0.15) is 0 Å². The van der Waals surface area contributed by atoms with Gasteiger partial charge in [0.25, 0.3) is 0 Å². The summed E-state index contributed by atoms with van der Waals surface area (Å²) in [4.78, 5) is 6.49. The van der Waals surface area contributed by atoms with Crippen molar-refractivity contribution < 1.29 is 4.39 Å². The van der Waals surface area contributed by atoms with Gasteiger partial charge >= 0.3 is 0 Å². The van der Waals surface area contributed by atoms with E-state index >= 15 is 0 Å². The van der Waals surface area contributed by atoms with Crippen LogP contribution in [0, 0.1) is 5.82 Å². The largest absolute Gasteiger partial charge is 0.306 e. The third-order valence-electron chi connectivity index (χ3n) is 3.99. The molecule has 1 N–H and O–H groups in total. The lowest BCUT2D eigenvalue weighted by molar-refractivity contribution is 0.313. The third-order valence-corrected chi connectivity index (χ3v) is 3.99. The molecule has 18 heavy (non-hydrogen) atoms. The van der Waals surface area contributed by atoms with E-state index in [4.69, 9.17) is 0 Å². The molecular weight excluding hydrogens is 229 g/mol. The number of hydrogen-bond acceptors (Lipinski definition) is 3. The second-order valence-electron chi connectivity index (χ2n) is 5.54. The monoisotopic (exact) mass is 249 g/mol. The molecule has 4 heteroatoms. The predicted molar refractivity (Wildman–Crippen MR) is 68.7 cm³/mol. The van der Waals surface area contributed by atoms with Gasteiger partial charge < -0.3 is 5.32 Å². The van der Waals surface area contributed by atoms with Gasteiger partial charge in [-0.15, -0.1) is 0 Å². The van der Waals surface area contributed by atoms with E-state index in [1.807, 2.05) is 0 Å². The zero-order chi connectivity index (χ0) is 12.5. The number of halogens is 1. The van der Waals surface area contributed by atoms with E-state index in [0.717, 1.165) is 18.2 Å². The summed E-state index contributed by atoms with van der Waals surface area (Å²) in [5.41, 5.74) is 0.930. The first-order valence-electron chi connectivity index (χ1n) is 6.83. The maximum atomic E-state index is 13.1. The molecule has 0 radical (unpaired) electrons. The summed E-state index contributed by atoms with van der Waals surface area (Å²) in [6.45, 7) is 4.42. The Kier molecular flexibility index (Phi) is 3.31. The molecule has 2 unspecified atom stereocenters. The zero-order valence-electron chi connectivity index (χ0n) is 10.8. The van der Waals surface area contributed by atoms with E-state index in [9.17, 15) is 4.39 Å². The molecule has 1 aliphatic heterocycles. The fourth-order valence-electron chi connectivity index (χ4n) is 2.81. The number of hydrogen-bond donors (Lipinski definition) is 1. The molecule has 3 nitrogen and oxygen atoms in total. The number of nitrogens with one attached hydrogen (secondary N) is 1. The summed E-state index contributed by atoms with van der Waals surface area (Å²) in [6, 6.07) is 3.11. The third kappa shape index (κ3) is 2.70. The number of likely N-dealkylation sites (tertiary alicyclic amines) is 1. The van der Waals surface area contributed by atoms with Crippen molar-refractivity contribution in [1.82, 2.24) is 15.2 Å². The quantitative estimate of drug-likeness (QED) is 0.886. The van der Waals surface area contributed by atoms with Gasteiger partial charge in [0.15, 0.2) is 0 Å². The van der Waals surface area contributed by atoms with Gasteiger partial charge in [0, 0.05) is 37.4 Å². The Morgan fingerprint density at radius 2 is 2.22 bits per heavy atom. The molecule has 1 saturated carbocycles. The van der Waals surface area contributed by atoms with Crippen LogP contribution in [0.15, 0.2) is 18.5 Å². The second-order valence-corrected chi connectivity index (χ2v) is 5.54. The van der Waals surface area contributed by atoms with Crippen molar-refractivity contribution in [2.45, 2.75) is 44.3 Å². The molecule has 2 fully saturated rings. The fourth-order valence-corrected chi connectivity index (χ4v) is 2.81. The Labute approximate surface area is 107 Å². The molecule has 2 atom stereocenters. The highest BCUT2D eigenvalue weighted by Gasteiger charge is 2.34. The highest BCUT2D eigenvalue weighted by atomic mass is 19.1. The van der Waals surface area contributed by atoms with Crippen LogP contribution in [0.4, 0.5) is 4.39 Å². The lowest BCUT2D eigenvalue weighted by Gasteiger charge is -2.20. The summed E-state index contributed by atoms with van der Waals surface area (Å²) < 4.78 is 13.1. The average Bonchev–Trinajstić information content (AvgIpc) is 3.11. The molecule has 2 heterocycles. The average molecular weight is 249 g/mol. The molecule has 1 aromatic heterocycles. The van der Waals surface area contributed by atoms with Crippen molar-refractivity contribution in [3.8, 4) is 0 Å². The van der Waals surface area contributed by atoms with Gasteiger partial charge in [0.1, 0.15) is 5.82 Å². The maximum Gasteiger partial charge on any atom is 0.141 e. The first-order chi connectivity index (χ1) is 8.72. The lowest BCUT2D eigenvalue weighted by atomic mass is 10.1. The topological polar surface area (TPSA) is 28.2 Å². The fraction of sp³-hybridized carbons (Fsp3) is 0.643. The Hall–Kier alpha value is -1.00. The number of aromatic nitrogens is 1. The molecule has 2 aliphatic rings. The van der Waals surface area contributed by atoms with Crippen LogP contribution in [0.1, 0.15) is 37.8 Å². The molecular formula is C14H20FN3. The number of pyridine rings is 1. The smallest absolute Gasteiger partial charge is 0.141 e. The second kappa shape index (κ2) is 4.94. The minimum absolute atomic E-state index is 0.164. The number of rotatable bonds is 4. The lowest BCUT2D eigenvalue weighted by Crippen LogP contribution is -2.35. The molecule has 1 saturated heterocycles. The summed E-state index contributed by atoms with van der Waals surface area (Å²) in [5, 5.41) is 3.59. The van der Waals surface area contributed by atoms with Crippen LogP contribution in [0.5, 0.6) is 0 Å². The van der Waals surface area contributed by atoms with Crippen LogP contribution in [0.2, 0.25) is 0 Å². The van der Waals surface area contributed by atoms with Gasteiger partial charge in [-0.3, -0.25) is 9.88 Å². The van der Waals surface area contributed by atoms with Crippen molar-refractivity contribution in [3.63, 3.8) is 0 Å². The summed E-state index contributed by atoms with van der Waals surface area (Å²) in [5.74, 6) is -0.257. The Morgan fingerprint density at radius 3 is 2.94 bits per heavy atom. The summed E-state index contributed by atoms with van der Waals surface area (Å²) >= 11 is 0. The minimum atomic E-state index is -0.257. The SMILES string of the molecule is CC(NC1CCN(C2CC2)C1)c1cncc(F)c1. The maximum absolute atomic E-state index is 13.1. The van der Waals surface area contributed by atoms with Crippen molar-refractivity contribution >= 4 is 0 Å². The molecule has 98 valence electrons. The van der Waals surface area contributed by atoms with E-state index < -0.39 is 0 Å². The van der Waals surface area contributed by atoms with Crippen LogP contribution in [-0.4, -0.2) is 35.1 Å². The van der Waals surface area contributed by atoms with Gasteiger partial charge in [-0.25, -0.2) is 4.39 Å². The van der Waals surface area contributed by atoms with Gasteiger partial charge in [-0.1, -0.05) is 0 Å². The normalized spacial score (nSPS) is 26.4. The van der Waals surface area contributed by atoms with E-state index in [0.29, 0.717) is 6.04 Å². The molecule has 0 spiro atoms. The predicted octanol–water partition coefficient (Wildman–Crippen LogP) is 2.11. The van der Waals surface area contributed by atoms with Gasteiger partial charge in [-0.05, 0) is 37.8 Å². The van der Waals surface area contributed by atoms with Crippen LogP contribution in [-0.2, 0) is 0 Å². The molecule has 0 bridgehead atoms. The van der Waals surface area contributed by atoms with Gasteiger partial charge in [0.05, 0.1) is 6.20 Å². The zero-order valence-corrected chi connectivity index (χ0v) is 10.8. The molecule has 0 aromatic carbocycles. The van der Waals surface area contributed by atoms with Crippen molar-refractivity contribution in [3.05, 3.63) is 29.8 Å². The van der Waals surface area contributed by atoms with Crippen molar-refractivity contribution in [2.75, 3.05) is 13.1 Å². The molecule has 3 rings (SSSR count). The first-order valence-corrected chi connectivity index (χ1v) is 6.83. The summed E-state index contributed by atoms with van der Waals surface area (Å²) in [7, 11) is 0. The number of nitrogens with zero attached hydrogens (tertiary/aromatic N) is 2. The van der Waals surface area contributed by atoms with E-state index in [2.05, 4.69) is 22.1 Å². The van der Waals surface area contributed by atoms with E-state index in [-0.39, 0.29) is 11.9 Å². The molecule has 0 amide bonds. The molecule has 1 aromatic rings. The highest BCUT2D eigenvalue weighted by Crippen LogP contribution is 2.30. The Bertz CT molecular complexity index is 419. The highest BCUT2D eigenvalue weighted by molar-refractivity contribution is 5.14. The molecule has 1 aliphatic carbocycles. The van der Waals surface area contributed by atoms with Crippen LogP contribution in [0.25, 0.3) is 0 Å². The Balaban J connectivity index is 1.56. The van der Waals surface area contributed by atoms with Gasteiger partial charge in [0.2, 0.25) is 0 Å². The summed E-state index contributed by atoms with van der Waals surface area (Å²) in [6.07, 6.45) is 6.94.